The zero-order valence-corrected chi connectivity index (χ0v) is 8.04. The third-order valence-corrected chi connectivity index (χ3v) is 1.59. The summed E-state index contributed by atoms with van der Waals surface area (Å²) in [7, 11) is 0. The van der Waals surface area contributed by atoms with Crippen molar-refractivity contribution in [2.75, 3.05) is 6.61 Å². The van der Waals surface area contributed by atoms with Gasteiger partial charge in [-0.3, -0.25) is 0 Å². The van der Waals surface area contributed by atoms with Gasteiger partial charge in [0.2, 0.25) is 6.20 Å². The Balaban J connectivity index is 2.68. The van der Waals surface area contributed by atoms with Gasteiger partial charge in [0.05, 0.1) is 0 Å². The number of hydrogen-bond donors (Lipinski definition) is 0. The standard InChI is InChI=1S/C9H10ClNO2/c1-7(10)6-13-9-4-3-8(2)11(12)5-9/h3-5H,1,6H2,2H3. The van der Waals surface area contributed by atoms with Crippen molar-refractivity contribution in [3.63, 3.8) is 0 Å². The minimum Gasteiger partial charge on any atom is -0.618 e. The highest BCUT2D eigenvalue weighted by Crippen LogP contribution is 2.09. The molecule has 0 N–H and O–H groups in total. The highest BCUT2D eigenvalue weighted by molar-refractivity contribution is 6.29. The molecule has 1 aromatic heterocycles. The third kappa shape index (κ3) is 2.95. The Morgan fingerprint density at radius 1 is 1.69 bits per heavy atom. The Labute approximate surface area is 81.8 Å². The lowest BCUT2D eigenvalue weighted by Gasteiger charge is -2.05. The molecular weight excluding hydrogens is 190 g/mol. The van der Waals surface area contributed by atoms with E-state index in [1.165, 1.54) is 6.20 Å². The van der Waals surface area contributed by atoms with E-state index in [9.17, 15) is 5.21 Å². The normalized spacial score (nSPS) is 9.69. The van der Waals surface area contributed by atoms with Crippen LogP contribution in [0.5, 0.6) is 5.75 Å². The lowest BCUT2D eigenvalue weighted by atomic mass is 10.4. The van der Waals surface area contributed by atoms with E-state index >= 15 is 0 Å². The predicted octanol–water partition coefficient (Wildman–Crippen LogP) is 1.76. The summed E-state index contributed by atoms with van der Waals surface area (Å²) < 4.78 is 5.89. The van der Waals surface area contributed by atoms with Crippen LogP contribution < -0.4 is 9.47 Å². The molecule has 0 aliphatic heterocycles. The molecule has 0 spiro atoms. The molecule has 0 bridgehead atoms. The van der Waals surface area contributed by atoms with Gasteiger partial charge in [-0.1, -0.05) is 18.2 Å². The summed E-state index contributed by atoms with van der Waals surface area (Å²) >= 11 is 5.49. The molecule has 0 atom stereocenters. The maximum Gasteiger partial charge on any atom is 0.222 e. The van der Waals surface area contributed by atoms with E-state index in [1.54, 1.807) is 19.1 Å². The van der Waals surface area contributed by atoms with Gasteiger partial charge in [0.15, 0.2) is 11.4 Å². The first-order chi connectivity index (χ1) is 6.09. The van der Waals surface area contributed by atoms with Crippen LogP contribution in [-0.2, 0) is 0 Å². The molecule has 4 heteroatoms. The molecule has 1 heterocycles. The molecule has 70 valence electrons. The number of pyridine rings is 1. The number of nitrogens with zero attached hydrogens (tertiary/aromatic N) is 1. The Kier molecular flexibility index (Phi) is 3.14. The highest BCUT2D eigenvalue weighted by Gasteiger charge is 2.02. The minimum atomic E-state index is 0.213. The Bertz CT molecular complexity index is 325. The summed E-state index contributed by atoms with van der Waals surface area (Å²) in [5.41, 5.74) is 0.622. The van der Waals surface area contributed by atoms with Gasteiger partial charge in [0, 0.05) is 18.0 Å². The van der Waals surface area contributed by atoms with Crippen LogP contribution in [0.3, 0.4) is 0 Å². The van der Waals surface area contributed by atoms with Crippen molar-refractivity contribution < 1.29 is 9.47 Å². The zero-order valence-electron chi connectivity index (χ0n) is 7.29. The average molecular weight is 200 g/mol. The fraction of sp³-hybridized carbons (Fsp3) is 0.222. The van der Waals surface area contributed by atoms with Crippen LogP contribution in [0.2, 0.25) is 0 Å². The van der Waals surface area contributed by atoms with E-state index in [4.69, 9.17) is 16.3 Å². The van der Waals surface area contributed by atoms with Crippen molar-refractivity contribution in [1.82, 2.24) is 0 Å². The number of aromatic nitrogens is 1. The average Bonchev–Trinajstić information content (AvgIpc) is 2.07. The molecule has 0 aromatic carbocycles. The molecule has 0 aliphatic carbocycles. The first-order valence-corrected chi connectivity index (χ1v) is 4.13. The van der Waals surface area contributed by atoms with Crippen LogP contribution in [0.4, 0.5) is 0 Å². The molecule has 1 rings (SSSR count). The Morgan fingerprint density at radius 2 is 2.38 bits per heavy atom. The largest absolute Gasteiger partial charge is 0.618 e. The van der Waals surface area contributed by atoms with E-state index in [-0.39, 0.29) is 6.61 Å². The van der Waals surface area contributed by atoms with E-state index in [0.29, 0.717) is 16.5 Å². The zero-order chi connectivity index (χ0) is 9.84. The maximum atomic E-state index is 11.1. The summed E-state index contributed by atoms with van der Waals surface area (Å²) in [6, 6.07) is 3.39. The van der Waals surface area contributed by atoms with Crippen LogP contribution in [-0.4, -0.2) is 6.61 Å². The van der Waals surface area contributed by atoms with Gasteiger partial charge < -0.3 is 9.94 Å². The summed E-state index contributed by atoms with van der Waals surface area (Å²) in [6.07, 6.45) is 1.36. The summed E-state index contributed by atoms with van der Waals surface area (Å²) in [5.74, 6) is 0.488. The van der Waals surface area contributed by atoms with Crippen LogP contribution in [0.1, 0.15) is 5.69 Å². The van der Waals surface area contributed by atoms with Gasteiger partial charge in [-0.05, 0) is 6.07 Å². The molecule has 0 fully saturated rings. The van der Waals surface area contributed by atoms with Crippen molar-refractivity contribution >= 4 is 11.6 Å². The molecule has 0 saturated carbocycles. The van der Waals surface area contributed by atoms with Crippen LogP contribution >= 0.6 is 11.6 Å². The molecule has 0 unspecified atom stereocenters. The van der Waals surface area contributed by atoms with Gasteiger partial charge >= 0.3 is 0 Å². The number of ether oxygens (including phenoxy) is 1. The Hall–Kier alpha value is -1.22. The summed E-state index contributed by atoms with van der Waals surface area (Å²) in [6.45, 7) is 5.40. The fourth-order valence-corrected chi connectivity index (χ4v) is 0.838. The lowest BCUT2D eigenvalue weighted by Crippen LogP contribution is -2.29. The SMILES string of the molecule is C=C(Cl)COc1ccc(C)[n+]([O-])c1. The number of rotatable bonds is 3. The van der Waals surface area contributed by atoms with E-state index in [1.807, 2.05) is 0 Å². The number of hydrogen-bond acceptors (Lipinski definition) is 2. The molecule has 0 radical (unpaired) electrons. The van der Waals surface area contributed by atoms with Gasteiger partial charge in [-0.25, -0.2) is 0 Å². The van der Waals surface area contributed by atoms with E-state index in [2.05, 4.69) is 6.58 Å². The van der Waals surface area contributed by atoms with Crippen LogP contribution in [0.15, 0.2) is 29.9 Å². The molecule has 13 heavy (non-hydrogen) atoms. The number of aryl methyl sites for hydroxylation is 1. The summed E-state index contributed by atoms with van der Waals surface area (Å²) in [4.78, 5) is 0. The van der Waals surface area contributed by atoms with Crippen molar-refractivity contribution in [2.45, 2.75) is 6.92 Å². The lowest BCUT2D eigenvalue weighted by molar-refractivity contribution is -0.612. The topological polar surface area (TPSA) is 36.2 Å². The van der Waals surface area contributed by atoms with Crippen LogP contribution in [0, 0.1) is 12.1 Å². The fourth-order valence-electron chi connectivity index (χ4n) is 0.784. The van der Waals surface area contributed by atoms with Gasteiger partial charge in [-0.15, -0.1) is 0 Å². The van der Waals surface area contributed by atoms with Crippen molar-refractivity contribution in [1.29, 1.82) is 0 Å². The first-order valence-electron chi connectivity index (χ1n) is 3.75. The first kappa shape index (κ1) is 9.86. The second kappa shape index (κ2) is 4.14. The molecule has 1 aromatic rings. The second-order valence-electron chi connectivity index (χ2n) is 2.64. The van der Waals surface area contributed by atoms with Gasteiger partial charge in [0.1, 0.15) is 6.61 Å². The number of halogens is 1. The van der Waals surface area contributed by atoms with Crippen molar-refractivity contribution in [3.8, 4) is 5.75 Å². The third-order valence-electron chi connectivity index (χ3n) is 1.48. The quantitative estimate of drug-likeness (QED) is 0.550. The van der Waals surface area contributed by atoms with Crippen LogP contribution in [0.25, 0.3) is 0 Å². The van der Waals surface area contributed by atoms with Gasteiger partial charge in [0.25, 0.3) is 0 Å². The molecule has 0 saturated heterocycles. The summed E-state index contributed by atoms with van der Waals surface area (Å²) in [5, 5.41) is 11.5. The van der Waals surface area contributed by atoms with E-state index < -0.39 is 0 Å². The monoisotopic (exact) mass is 199 g/mol. The van der Waals surface area contributed by atoms with Crippen molar-refractivity contribution in [2.24, 2.45) is 0 Å². The second-order valence-corrected chi connectivity index (χ2v) is 3.17. The Morgan fingerprint density at radius 3 is 2.92 bits per heavy atom. The molecule has 0 amide bonds. The molecule has 3 nitrogen and oxygen atoms in total. The predicted molar refractivity (Wildman–Crippen MR) is 50.6 cm³/mol. The molecular formula is C9H10ClNO2. The maximum absolute atomic E-state index is 11.1. The van der Waals surface area contributed by atoms with Gasteiger partial charge in [-0.2, -0.15) is 4.73 Å². The minimum absolute atomic E-state index is 0.213. The highest BCUT2D eigenvalue weighted by atomic mass is 35.5. The smallest absolute Gasteiger partial charge is 0.222 e. The molecule has 0 aliphatic rings. The van der Waals surface area contributed by atoms with Crippen molar-refractivity contribution in [3.05, 3.63) is 40.8 Å². The van der Waals surface area contributed by atoms with E-state index in [0.717, 1.165) is 4.73 Å².